The Morgan fingerprint density at radius 3 is 2.15 bits per heavy atom. The third kappa shape index (κ3) is 4.58. The summed E-state index contributed by atoms with van der Waals surface area (Å²) in [6.45, 7) is 2.02. The number of rotatable bonds is 8. The van der Waals surface area contributed by atoms with Crippen molar-refractivity contribution in [3.63, 3.8) is 0 Å². The van der Waals surface area contributed by atoms with Crippen LogP contribution in [0.4, 0.5) is 4.79 Å². The monoisotopic (exact) mass is 450 g/mol. The molecular weight excluding hydrogens is 420 g/mol. The molecule has 2 amide bonds. The molecule has 2 aromatic rings. The van der Waals surface area contributed by atoms with Crippen LogP contribution >= 0.6 is 0 Å². The number of ether oxygens (including phenoxy) is 1. The Morgan fingerprint density at radius 1 is 1.03 bits per heavy atom. The molecule has 1 fully saturated rings. The molecule has 1 atom stereocenters. The smallest absolute Gasteiger partial charge is 0.408 e. The molecule has 2 aliphatic rings. The Labute approximate surface area is 193 Å². The standard InChI is InChI=1S/C26H30N2O5/c1-2-9-22(23(29)30)27-24(31)26(14-7-8-15-26)28-25(32)33-16-21-19-12-5-3-10-17(19)18-11-4-6-13-20(18)21/h3-6,10-13,21-22H,2,7-9,14-16H2,1H3,(H,27,31)(H,28,32)(H,29,30)/t22-/m0/s1. The van der Waals surface area contributed by atoms with Crippen molar-refractivity contribution in [2.24, 2.45) is 0 Å². The van der Waals surface area contributed by atoms with E-state index in [4.69, 9.17) is 4.74 Å². The van der Waals surface area contributed by atoms with E-state index in [9.17, 15) is 19.5 Å². The minimum atomic E-state index is -1.13. The third-order valence-electron chi connectivity index (χ3n) is 6.76. The van der Waals surface area contributed by atoms with Gasteiger partial charge in [0, 0.05) is 5.92 Å². The summed E-state index contributed by atoms with van der Waals surface area (Å²) in [7, 11) is 0. The van der Waals surface area contributed by atoms with Gasteiger partial charge in [-0.15, -0.1) is 0 Å². The minimum Gasteiger partial charge on any atom is -0.480 e. The van der Waals surface area contributed by atoms with Crippen molar-refractivity contribution in [2.75, 3.05) is 6.61 Å². The molecular formula is C26H30N2O5. The molecule has 4 rings (SSSR count). The first kappa shape index (κ1) is 22.8. The fourth-order valence-electron chi connectivity index (χ4n) is 5.06. The second-order valence-electron chi connectivity index (χ2n) is 8.89. The molecule has 0 heterocycles. The molecule has 33 heavy (non-hydrogen) atoms. The zero-order chi connectivity index (χ0) is 23.4. The van der Waals surface area contributed by atoms with E-state index in [-0.39, 0.29) is 12.5 Å². The van der Waals surface area contributed by atoms with Crippen molar-refractivity contribution < 1.29 is 24.2 Å². The van der Waals surface area contributed by atoms with Crippen LogP contribution in [0, 0.1) is 0 Å². The summed E-state index contributed by atoms with van der Waals surface area (Å²) >= 11 is 0. The first-order valence-electron chi connectivity index (χ1n) is 11.6. The van der Waals surface area contributed by atoms with Crippen LogP contribution < -0.4 is 10.6 Å². The van der Waals surface area contributed by atoms with Crippen LogP contribution in [-0.2, 0) is 14.3 Å². The molecule has 0 radical (unpaired) electrons. The summed E-state index contributed by atoms with van der Waals surface area (Å²) in [5.41, 5.74) is 3.38. The van der Waals surface area contributed by atoms with Gasteiger partial charge in [-0.25, -0.2) is 9.59 Å². The van der Waals surface area contributed by atoms with Crippen molar-refractivity contribution in [1.29, 1.82) is 0 Å². The van der Waals surface area contributed by atoms with Crippen LogP contribution in [0.15, 0.2) is 48.5 Å². The molecule has 174 valence electrons. The second-order valence-corrected chi connectivity index (χ2v) is 8.89. The lowest BCUT2D eigenvalue weighted by Crippen LogP contribution is -2.59. The van der Waals surface area contributed by atoms with E-state index in [2.05, 4.69) is 22.8 Å². The van der Waals surface area contributed by atoms with Gasteiger partial charge in [0.25, 0.3) is 0 Å². The highest BCUT2D eigenvalue weighted by Gasteiger charge is 2.44. The lowest BCUT2D eigenvalue weighted by Gasteiger charge is -2.30. The molecule has 2 aromatic carbocycles. The van der Waals surface area contributed by atoms with Gasteiger partial charge in [-0.1, -0.05) is 74.7 Å². The van der Waals surface area contributed by atoms with Crippen molar-refractivity contribution >= 4 is 18.0 Å². The van der Waals surface area contributed by atoms with E-state index in [0.29, 0.717) is 25.7 Å². The number of nitrogens with one attached hydrogen (secondary N) is 2. The van der Waals surface area contributed by atoms with Crippen LogP contribution in [0.2, 0.25) is 0 Å². The first-order chi connectivity index (χ1) is 15.9. The molecule has 0 bridgehead atoms. The number of hydrogen-bond donors (Lipinski definition) is 3. The first-order valence-corrected chi connectivity index (χ1v) is 11.6. The van der Waals surface area contributed by atoms with Gasteiger partial charge in [0.05, 0.1) is 0 Å². The van der Waals surface area contributed by atoms with Crippen molar-refractivity contribution in [3.8, 4) is 11.1 Å². The summed E-state index contributed by atoms with van der Waals surface area (Å²) in [6.07, 6.45) is 2.79. The maximum atomic E-state index is 13.0. The van der Waals surface area contributed by atoms with Crippen LogP contribution in [0.25, 0.3) is 11.1 Å². The highest BCUT2D eigenvalue weighted by Crippen LogP contribution is 2.44. The average molecular weight is 451 g/mol. The van der Waals surface area contributed by atoms with Crippen LogP contribution in [0.5, 0.6) is 0 Å². The number of carboxylic acids is 1. The van der Waals surface area contributed by atoms with Crippen LogP contribution in [0.3, 0.4) is 0 Å². The number of fused-ring (bicyclic) bond motifs is 3. The van der Waals surface area contributed by atoms with Crippen molar-refractivity contribution in [2.45, 2.75) is 62.9 Å². The summed E-state index contributed by atoms with van der Waals surface area (Å²) in [5, 5.41) is 14.8. The van der Waals surface area contributed by atoms with Gasteiger partial charge >= 0.3 is 12.1 Å². The zero-order valence-electron chi connectivity index (χ0n) is 18.8. The molecule has 0 aliphatic heterocycles. The van der Waals surface area contributed by atoms with E-state index >= 15 is 0 Å². The third-order valence-corrected chi connectivity index (χ3v) is 6.76. The number of carbonyl (C=O) groups is 3. The SMILES string of the molecule is CCC[C@H](NC(=O)C1(NC(=O)OCC2c3ccccc3-c3ccccc32)CCCC1)C(=O)O. The Morgan fingerprint density at radius 2 is 1.61 bits per heavy atom. The van der Waals surface area contributed by atoms with E-state index in [0.717, 1.165) is 35.1 Å². The van der Waals surface area contributed by atoms with E-state index < -0.39 is 29.6 Å². The van der Waals surface area contributed by atoms with Gasteiger partial charge in [-0.2, -0.15) is 0 Å². The normalized spacial score (nSPS) is 17.0. The average Bonchev–Trinajstić information content (AvgIpc) is 3.41. The number of carboxylic acid groups (broad SMARTS) is 1. The summed E-state index contributed by atoms with van der Waals surface area (Å²) < 4.78 is 5.63. The Kier molecular flexibility index (Phi) is 6.67. The predicted molar refractivity (Wildman–Crippen MR) is 124 cm³/mol. The fourth-order valence-corrected chi connectivity index (χ4v) is 5.06. The number of alkyl carbamates (subject to hydrolysis) is 1. The fraction of sp³-hybridized carbons (Fsp3) is 0.423. The number of aliphatic carboxylic acids is 1. The summed E-state index contributed by atoms with van der Waals surface area (Å²) in [6, 6.07) is 15.2. The van der Waals surface area contributed by atoms with E-state index in [1.54, 1.807) is 0 Å². The topological polar surface area (TPSA) is 105 Å². The van der Waals surface area contributed by atoms with Gasteiger partial charge in [0.15, 0.2) is 0 Å². The number of amides is 2. The Balaban J connectivity index is 1.44. The molecule has 0 spiro atoms. The second kappa shape index (κ2) is 9.65. The summed E-state index contributed by atoms with van der Waals surface area (Å²) in [4.78, 5) is 37.3. The molecule has 7 heteroatoms. The molecule has 0 saturated heterocycles. The number of carbonyl (C=O) groups excluding carboxylic acids is 2. The molecule has 3 N–H and O–H groups in total. The quantitative estimate of drug-likeness (QED) is 0.559. The molecule has 2 aliphatic carbocycles. The molecule has 1 saturated carbocycles. The lowest BCUT2D eigenvalue weighted by atomic mass is 9.95. The number of hydrogen-bond acceptors (Lipinski definition) is 4. The minimum absolute atomic E-state index is 0.0718. The molecule has 0 aromatic heterocycles. The van der Waals surface area contributed by atoms with Gasteiger partial charge in [0.2, 0.25) is 5.91 Å². The highest BCUT2D eigenvalue weighted by atomic mass is 16.5. The summed E-state index contributed by atoms with van der Waals surface area (Å²) in [5.74, 6) is -1.59. The Bertz CT molecular complexity index is 999. The van der Waals surface area contributed by atoms with E-state index in [1.165, 1.54) is 0 Å². The predicted octanol–water partition coefficient (Wildman–Crippen LogP) is 4.21. The van der Waals surface area contributed by atoms with Crippen LogP contribution in [-0.4, -0.2) is 41.3 Å². The van der Waals surface area contributed by atoms with Gasteiger partial charge in [-0.05, 0) is 41.5 Å². The molecule has 7 nitrogen and oxygen atoms in total. The van der Waals surface area contributed by atoms with Crippen molar-refractivity contribution in [3.05, 3.63) is 59.7 Å². The highest BCUT2D eigenvalue weighted by molar-refractivity contribution is 5.93. The zero-order valence-corrected chi connectivity index (χ0v) is 18.8. The number of benzene rings is 2. The Hall–Kier alpha value is -3.35. The van der Waals surface area contributed by atoms with Gasteiger partial charge in [-0.3, -0.25) is 4.79 Å². The van der Waals surface area contributed by atoms with Gasteiger partial charge < -0.3 is 20.5 Å². The maximum Gasteiger partial charge on any atom is 0.408 e. The lowest BCUT2D eigenvalue weighted by molar-refractivity contribution is -0.143. The largest absolute Gasteiger partial charge is 0.480 e. The molecule has 0 unspecified atom stereocenters. The van der Waals surface area contributed by atoms with Crippen molar-refractivity contribution in [1.82, 2.24) is 10.6 Å². The van der Waals surface area contributed by atoms with Gasteiger partial charge in [0.1, 0.15) is 18.2 Å². The maximum absolute atomic E-state index is 13.0. The van der Waals surface area contributed by atoms with E-state index in [1.807, 2.05) is 43.3 Å². The van der Waals surface area contributed by atoms with Crippen LogP contribution in [0.1, 0.15) is 62.5 Å².